The number of rotatable bonds is 5. The molecule has 0 bridgehead atoms. The van der Waals surface area contributed by atoms with Crippen molar-refractivity contribution in [3.8, 4) is 0 Å². The predicted octanol–water partition coefficient (Wildman–Crippen LogP) is 0.634. The Morgan fingerprint density at radius 2 is 2.33 bits per heavy atom. The number of aryl methyl sites for hydroxylation is 1. The van der Waals surface area contributed by atoms with Crippen molar-refractivity contribution < 1.29 is 9.53 Å². The third-order valence-electron chi connectivity index (χ3n) is 3.12. The van der Waals surface area contributed by atoms with Gasteiger partial charge in [-0.05, 0) is 6.07 Å². The zero-order valence-corrected chi connectivity index (χ0v) is 11.5. The molecule has 0 radical (unpaired) electrons. The lowest BCUT2D eigenvalue weighted by atomic mass is 10.4. The van der Waals surface area contributed by atoms with Crippen molar-refractivity contribution >= 4 is 17.0 Å². The van der Waals surface area contributed by atoms with Gasteiger partial charge in [-0.15, -0.1) is 5.10 Å². The molecule has 8 nitrogen and oxygen atoms in total. The molecule has 0 spiro atoms. The van der Waals surface area contributed by atoms with Gasteiger partial charge in [0.05, 0.1) is 32.8 Å². The van der Waals surface area contributed by atoms with Crippen molar-refractivity contribution in [2.45, 2.75) is 19.5 Å². The van der Waals surface area contributed by atoms with Crippen molar-refractivity contribution in [1.29, 1.82) is 0 Å². The molecule has 21 heavy (non-hydrogen) atoms. The Hall–Kier alpha value is -2.77. The van der Waals surface area contributed by atoms with Gasteiger partial charge in [0, 0.05) is 17.8 Å². The van der Waals surface area contributed by atoms with Gasteiger partial charge in [0.2, 0.25) is 0 Å². The Morgan fingerprint density at radius 3 is 3.19 bits per heavy atom. The van der Waals surface area contributed by atoms with Gasteiger partial charge in [0.25, 0.3) is 0 Å². The van der Waals surface area contributed by atoms with Crippen LogP contribution in [0.15, 0.2) is 31.0 Å². The van der Waals surface area contributed by atoms with Crippen molar-refractivity contribution in [1.82, 2.24) is 29.5 Å². The van der Waals surface area contributed by atoms with Gasteiger partial charge in [-0.2, -0.15) is 0 Å². The fourth-order valence-corrected chi connectivity index (χ4v) is 2.06. The zero-order valence-electron chi connectivity index (χ0n) is 11.5. The first-order chi connectivity index (χ1) is 10.3. The standard InChI is InChI=1S/C13H14N6O2/c1-21-12(20)3-5-19-8-11(16-17-19)7-18-4-2-10-6-14-9-15-13(10)18/h2,4,6,8-9H,3,5,7H2,1H3. The number of nitrogens with zero attached hydrogens (tertiary/aromatic N) is 6. The minimum absolute atomic E-state index is 0.264. The number of hydrogen-bond donors (Lipinski definition) is 0. The lowest BCUT2D eigenvalue weighted by Crippen LogP contribution is -2.07. The number of methoxy groups -OCH3 is 1. The van der Waals surface area contributed by atoms with Crippen LogP contribution in [0, 0.1) is 0 Å². The molecule has 0 saturated carbocycles. The van der Waals surface area contributed by atoms with E-state index in [0.717, 1.165) is 16.7 Å². The Labute approximate surface area is 120 Å². The molecule has 0 amide bonds. The van der Waals surface area contributed by atoms with Gasteiger partial charge in [-0.3, -0.25) is 9.48 Å². The number of aromatic nitrogens is 6. The summed E-state index contributed by atoms with van der Waals surface area (Å²) in [6.45, 7) is 1.02. The van der Waals surface area contributed by atoms with E-state index in [2.05, 4.69) is 25.0 Å². The van der Waals surface area contributed by atoms with Crippen LogP contribution in [0.2, 0.25) is 0 Å². The summed E-state index contributed by atoms with van der Waals surface area (Å²) in [5.41, 5.74) is 1.66. The first-order valence-corrected chi connectivity index (χ1v) is 6.47. The van der Waals surface area contributed by atoms with Crippen LogP contribution in [-0.2, 0) is 22.6 Å². The number of fused-ring (bicyclic) bond motifs is 1. The lowest BCUT2D eigenvalue weighted by molar-refractivity contribution is -0.140. The maximum absolute atomic E-state index is 11.1. The third-order valence-corrected chi connectivity index (χ3v) is 3.12. The molecule has 108 valence electrons. The third kappa shape index (κ3) is 2.88. The van der Waals surface area contributed by atoms with Crippen molar-refractivity contribution in [3.63, 3.8) is 0 Å². The number of hydrogen-bond acceptors (Lipinski definition) is 6. The van der Waals surface area contributed by atoms with Gasteiger partial charge in [-0.1, -0.05) is 5.21 Å². The highest BCUT2D eigenvalue weighted by Gasteiger charge is 2.07. The monoisotopic (exact) mass is 286 g/mol. The number of carbonyl (C=O) groups is 1. The normalized spacial score (nSPS) is 10.9. The summed E-state index contributed by atoms with van der Waals surface area (Å²) in [4.78, 5) is 19.3. The van der Waals surface area contributed by atoms with Crippen LogP contribution in [0.4, 0.5) is 0 Å². The van der Waals surface area contributed by atoms with Gasteiger partial charge in [0.15, 0.2) is 0 Å². The molecule has 0 aliphatic carbocycles. The van der Waals surface area contributed by atoms with E-state index < -0.39 is 0 Å². The van der Waals surface area contributed by atoms with Crippen molar-refractivity contribution in [2.75, 3.05) is 7.11 Å². The summed E-state index contributed by atoms with van der Waals surface area (Å²) in [6.07, 6.45) is 7.32. The van der Waals surface area contributed by atoms with E-state index >= 15 is 0 Å². The van der Waals surface area contributed by atoms with Crippen molar-refractivity contribution in [2.24, 2.45) is 0 Å². The molecule has 8 heteroatoms. The van der Waals surface area contributed by atoms with Gasteiger partial charge >= 0.3 is 5.97 Å². The summed E-state index contributed by atoms with van der Waals surface area (Å²) < 4.78 is 8.20. The van der Waals surface area contributed by atoms with E-state index in [1.165, 1.54) is 13.4 Å². The smallest absolute Gasteiger partial charge is 0.307 e. The average Bonchev–Trinajstić information content (AvgIpc) is 3.13. The van der Waals surface area contributed by atoms with Crippen LogP contribution in [-0.4, -0.2) is 42.6 Å². The number of esters is 1. The Morgan fingerprint density at radius 1 is 1.43 bits per heavy atom. The van der Waals surface area contributed by atoms with Crippen LogP contribution in [0.1, 0.15) is 12.1 Å². The number of carbonyl (C=O) groups excluding carboxylic acids is 1. The van der Waals surface area contributed by atoms with Crippen LogP contribution in [0.25, 0.3) is 11.0 Å². The first-order valence-electron chi connectivity index (χ1n) is 6.47. The fourth-order valence-electron chi connectivity index (χ4n) is 2.06. The van der Waals surface area contributed by atoms with Gasteiger partial charge in [-0.25, -0.2) is 9.97 Å². The van der Waals surface area contributed by atoms with Gasteiger partial charge in [0.1, 0.15) is 17.7 Å². The maximum Gasteiger partial charge on any atom is 0.307 e. The molecule has 0 N–H and O–H groups in total. The largest absolute Gasteiger partial charge is 0.469 e. The van der Waals surface area contributed by atoms with E-state index in [9.17, 15) is 4.79 Å². The minimum Gasteiger partial charge on any atom is -0.469 e. The summed E-state index contributed by atoms with van der Waals surface area (Å²) in [7, 11) is 1.37. The van der Waals surface area contributed by atoms with E-state index in [4.69, 9.17) is 0 Å². The first kappa shape index (κ1) is 13.2. The summed E-state index contributed by atoms with van der Waals surface area (Å²) in [5.74, 6) is -0.264. The second kappa shape index (κ2) is 5.70. The van der Waals surface area contributed by atoms with Crippen LogP contribution >= 0.6 is 0 Å². The molecule has 0 saturated heterocycles. The van der Waals surface area contributed by atoms with Crippen LogP contribution in [0.3, 0.4) is 0 Å². The van der Waals surface area contributed by atoms with E-state index in [1.807, 2.05) is 23.0 Å². The van der Waals surface area contributed by atoms with Crippen LogP contribution < -0.4 is 0 Å². The zero-order chi connectivity index (χ0) is 14.7. The molecule has 3 rings (SSSR count). The summed E-state index contributed by atoms with van der Waals surface area (Å²) in [6, 6.07) is 1.96. The summed E-state index contributed by atoms with van der Waals surface area (Å²) in [5, 5.41) is 9.08. The quantitative estimate of drug-likeness (QED) is 0.639. The molecule has 0 aliphatic heterocycles. The second-order valence-corrected chi connectivity index (χ2v) is 4.54. The Bertz CT molecular complexity index is 763. The highest BCUT2D eigenvalue weighted by atomic mass is 16.5. The number of ether oxygens (including phenoxy) is 1. The van der Waals surface area contributed by atoms with E-state index in [1.54, 1.807) is 10.9 Å². The average molecular weight is 286 g/mol. The highest BCUT2D eigenvalue weighted by Crippen LogP contribution is 2.12. The van der Waals surface area contributed by atoms with Gasteiger partial charge < -0.3 is 9.30 Å². The van der Waals surface area contributed by atoms with Crippen molar-refractivity contribution in [3.05, 3.63) is 36.7 Å². The maximum atomic E-state index is 11.1. The molecule has 3 heterocycles. The lowest BCUT2D eigenvalue weighted by Gasteiger charge is -2.00. The Kier molecular flexibility index (Phi) is 3.59. The van der Waals surface area contributed by atoms with E-state index in [0.29, 0.717) is 13.1 Å². The second-order valence-electron chi connectivity index (χ2n) is 4.54. The fraction of sp³-hybridized carbons (Fsp3) is 0.308. The molecular formula is C13H14N6O2. The SMILES string of the molecule is COC(=O)CCn1cc(Cn2ccc3cncnc32)nn1. The molecule has 0 unspecified atom stereocenters. The molecule has 3 aromatic heterocycles. The molecule has 3 aromatic rings. The van der Waals surface area contributed by atoms with E-state index in [-0.39, 0.29) is 12.4 Å². The molecule has 0 aliphatic rings. The van der Waals surface area contributed by atoms with Crippen LogP contribution in [0.5, 0.6) is 0 Å². The molecule has 0 atom stereocenters. The molecular weight excluding hydrogens is 272 g/mol. The highest BCUT2D eigenvalue weighted by molar-refractivity contribution is 5.74. The topological polar surface area (TPSA) is 87.7 Å². The summed E-state index contributed by atoms with van der Waals surface area (Å²) >= 11 is 0. The predicted molar refractivity (Wildman–Crippen MR) is 73.3 cm³/mol. The molecule has 0 aromatic carbocycles. The minimum atomic E-state index is -0.264. The Balaban J connectivity index is 1.71. The molecule has 0 fully saturated rings.